The van der Waals surface area contributed by atoms with Crippen molar-refractivity contribution in [3.63, 3.8) is 0 Å². The molecule has 2 aliphatic heterocycles. The average Bonchev–Trinajstić information content (AvgIpc) is 3.19. The molecule has 0 spiro atoms. The van der Waals surface area contributed by atoms with Gasteiger partial charge in [-0.25, -0.2) is 0 Å². The highest BCUT2D eigenvalue weighted by Crippen LogP contribution is 2.35. The third-order valence-corrected chi connectivity index (χ3v) is 5.71. The van der Waals surface area contributed by atoms with Gasteiger partial charge in [0, 0.05) is 16.6 Å². The minimum atomic E-state index is -0.114. The largest absolute Gasteiger partial charge is 0.478 e. The summed E-state index contributed by atoms with van der Waals surface area (Å²) in [4.78, 5) is 14.9. The molecule has 0 unspecified atom stereocenters. The number of carbonyl (C=O) groups excluding carboxylic acids is 1. The molecule has 8 heteroatoms. The van der Waals surface area contributed by atoms with Crippen LogP contribution in [0.3, 0.4) is 0 Å². The number of halogens is 1. The van der Waals surface area contributed by atoms with Crippen molar-refractivity contribution in [3.8, 4) is 11.8 Å². The lowest BCUT2D eigenvalue weighted by atomic mass is 10.2. The van der Waals surface area contributed by atoms with Crippen LogP contribution in [0.25, 0.3) is 6.08 Å². The fourth-order valence-electron chi connectivity index (χ4n) is 2.66. The SMILES string of the molecule is N#CCOc1ccc(Br)cc1/C=C1\SC(=S)N(C[C@H]2CCCO2)C1=O. The van der Waals surface area contributed by atoms with Crippen LogP contribution in [0.15, 0.2) is 27.6 Å². The minimum absolute atomic E-state index is 0.0531. The molecule has 2 aliphatic rings. The number of thioether (sulfide) groups is 1. The van der Waals surface area contributed by atoms with E-state index in [9.17, 15) is 4.79 Å². The highest BCUT2D eigenvalue weighted by molar-refractivity contribution is 9.10. The lowest BCUT2D eigenvalue weighted by Crippen LogP contribution is -2.35. The van der Waals surface area contributed by atoms with Crippen molar-refractivity contribution in [2.24, 2.45) is 0 Å². The lowest BCUT2D eigenvalue weighted by Gasteiger charge is -2.18. The summed E-state index contributed by atoms with van der Waals surface area (Å²) in [5.74, 6) is 0.436. The van der Waals surface area contributed by atoms with Crippen LogP contribution in [0.1, 0.15) is 18.4 Å². The predicted molar refractivity (Wildman–Crippen MR) is 104 cm³/mol. The molecule has 2 fully saturated rings. The smallest absolute Gasteiger partial charge is 0.266 e. The maximum absolute atomic E-state index is 12.7. The fourth-order valence-corrected chi connectivity index (χ4v) is 4.31. The second-order valence-electron chi connectivity index (χ2n) is 5.56. The van der Waals surface area contributed by atoms with Gasteiger partial charge in [-0.15, -0.1) is 0 Å². The van der Waals surface area contributed by atoms with Crippen LogP contribution in [0.5, 0.6) is 5.75 Å². The van der Waals surface area contributed by atoms with E-state index in [1.54, 1.807) is 17.0 Å². The molecular formula is C17H15BrN2O3S2. The van der Waals surface area contributed by atoms with Crippen molar-refractivity contribution >= 4 is 56.2 Å². The summed E-state index contributed by atoms with van der Waals surface area (Å²) < 4.78 is 12.4. The van der Waals surface area contributed by atoms with E-state index in [1.807, 2.05) is 18.2 Å². The molecule has 0 bridgehead atoms. The van der Waals surface area contributed by atoms with E-state index in [4.69, 9.17) is 27.0 Å². The van der Waals surface area contributed by atoms with Crippen LogP contribution >= 0.6 is 39.9 Å². The molecular weight excluding hydrogens is 424 g/mol. The van der Waals surface area contributed by atoms with Crippen molar-refractivity contribution in [2.45, 2.75) is 18.9 Å². The molecule has 1 amide bonds. The van der Waals surface area contributed by atoms with Crippen LogP contribution in [0.2, 0.25) is 0 Å². The Bertz CT molecular complexity index is 770. The minimum Gasteiger partial charge on any atom is -0.478 e. The van der Waals surface area contributed by atoms with Crippen LogP contribution in [0.4, 0.5) is 0 Å². The topological polar surface area (TPSA) is 62.6 Å². The van der Waals surface area contributed by atoms with E-state index in [0.29, 0.717) is 21.5 Å². The second kappa shape index (κ2) is 8.32. The number of amides is 1. The Balaban J connectivity index is 1.81. The first-order chi connectivity index (χ1) is 12.1. The zero-order valence-corrected chi connectivity index (χ0v) is 16.5. The van der Waals surface area contributed by atoms with E-state index >= 15 is 0 Å². The van der Waals surface area contributed by atoms with Gasteiger partial charge in [0.2, 0.25) is 0 Å². The van der Waals surface area contributed by atoms with Gasteiger partial charge in [-0.05, 0) is 37.1 Å². The maximum Gasteiger partial charge on any atom is 0.266 e. The molecule has 0 radical (unpaired) electrons. The molecule has 5 nitrogen and oxygen atoms in total. The molecule has 3 rings (SSSR count). The van der Waals surface area contributed by atoms with Crippen molar-refractivity contribution in [2.75, 3.05) is 19.8 Å². The lowest BCUT2D eigenvalue weighted by molar-refractivity contribution is -0.123. The molecule has 0 N–H and O–H groups in total. The Morgan fingerprint density at radius 1 is 1.56 bits per heavy atom. The number of carbonyl (C=O) groups is 1. The Hall–Kier alpha value is -1.40. The average molecular weight is 439 g/mol. The molecule has 25 heavy (non-hydrogen) atoms. The van der Waals surface area contributed by atoms with Crippen LogP contribution in [0, 0.1) is 11.3 Å². The third kappa shape index (κ3) is 4.42. The molecule has 1 aromatic rings. The molecule has 130 valence electrons. The summed E-state index contributed by atoms with van der Waals surface area (Å²) >= 11 is 10.1. The summed E-state index contributed by atoms with van der Waals surface area (Å²) in [7, 11) is 0. The summed E-state index contributed by atoms with van der Waals surface area (Å²) in [6, 6.07) is 7.38. The number of hydrogen-bond donors (Lipinski definition) is 0. The van der Waals surface area contributed by atoms with Gasteiger partial charge in [0.25, 0.3) is 5.91 Å². The molecule has 1 atom stereocenters. The van der Waals surface area contributed by atoms with E-state index in [0.717, 1.165) is 29.5 Å². The third-order valence-electron chi connectivity index (χ3n) is 3.83. The van der Waals surface area contributed by atoms with Gasteiger partial charge < -0.3 is 9.47 Å². The van der Waals surface area contributed by atoms with E-state index < -0.39 is 0 Å². The molecule has 0 aliphatic carbocycles. The number of thiocarbonyl (C=S) groups is 1. The first-order valence-corrected chi connectivity index (χ1v) is 9.76. The molecule has 1 aromatic carbocycles. The van der Waals surface area contributed by atoms with Crippen molar-refractivity contribution in [1.82, 2.24) is 4.90 Å². The Morgan fingerprint density at radius 3 is 3.12 bits per heavy atom. The normalized spacial score (nSPS) is 21.8. The van der Waals surface area contributed by atoms with Gasteiger partial charge in [0.15, 0.2) is 6.61 Å². The number of nitrogens with zero attached hydrogens (tertiary/aromatic N) is 2. The van der Waals surface area contributed by atoms with Gasteiger partial charge in [0.1, 0.15) is 16.1 Å². The van der Waals surface area contributed by atoms with Gasteiger partial charge >= 0.3 is 0 Å². The van der Waals surface area contributed by atoms with E-state index in [2.05, 4.69) is 15.9 Å². The number of nitriles is 1. The fraction of sp³-hybridized carbons (Fsp3) is 0.353. The molecule has 2 saturated heterocycles. The summed E-state index contributed by atoms with van der Waals surface area (Å²) in [6.07, 6.45) is 3.79. The van der Waals surface area contributed by atoms with Crippen molar-refractivity contribution < 1.29 is 14.3 Å². The second-order valence-corrected chi connectivity index (χ2v) is 8.15. The number of hydrogen-bond acceptors (Lipinski definition) is 6. The summed E-state index contributed by atoms with van der Waals surface area (Å²) in [6.45, 7) is 1.19. The quantitative estimate of drug-likeness (QED) is 0.515. The molecule has 0 saturated carbocycles. The Morgan fingerprint density at radius 2 is 2.40 bits per heavy atom. The highest BCUT2D eigenvalue weighted by Gasteiger charge is 2.34. The van der Waals surface area contributed by atoms with Crippen LogP contribution < -0.4 is 4.74 Å². The first kappa shape index (κ1) is 18.4. The van der Waals surface area contributed by atoms with E-state index in [1.165, 1.54) is 11.8 Å². The van der Waals surface area contributed by atoms with Crippen LogP contribution in [-0.4, -0.2) is 41.0 Å². The Labute approximate surface area is 164 Å². The predicted octanol–water partition coefficient (Wildman–Crippen LogP) is 3.73. The maximum atomic E-state index is 12.7. The Kier molecular flexibility index (Phi) is 6.12. The first-order valence-electron chi connectivity index (χ1n) is 7.75. The molecule has 2 heterocycles. The number of rotatable bonds is 5. The van der Waals surface area contributed by atoms with Crippen LogP contribution in [-0.2, 0) is 9.53 Å². The standard InChI is InChI=1S/C17H15BrN2O3S2/c18-12-3-4-14(23-7-5-19)11(8-12)9-15-16(21)20(17(24)25-15)10-13-2-1-6-22-13/h3-4,8-9,13H,1-2,6-7,10H2/b15-9-/t13-/m1/s1. The van der Waals surface area contributed by atoms with Crippen molar-refractivity contribution in [1.29, 1.82) is 5.26 Å². The summed E-state index contributed by atoms with van der Waals surface area (Å²) in [5.41, 5.74) is 0.724. The zero-order chi connectivity index (χ0) is 17.8. The van der Waals surface area contributed by atoms with Gasteiger partial charge in [-0.1, -0.05) is 39.9 Å². The zero-order valence-electron chi connectivity index (χ0n) is 13.2. The monoisotopic (exact) mass is 438 g/mol. The molecule has 0 aromatic heterocycles. The number of ether oxygens (including phenoxy) is 2. The highest BCUT2D eigenvalue weighted by atomic mass is 79.9. The van der Waals surface area contributed by atoms with Gasteiger partial charge in [-0.3, -0.25) is 9.69 Å². The van der Waals surface area contributed by atoms with Crippen molar-refractivity contribution in [3.05, 3.63) is 33.1 Å². The summed E-state index contributed by atoms with van der Waals surface area (Å²) in [5, 5.41) is 8.71. The van der Waals surface area contributed by atoms with E-state index in [-0.39, 0.29) is 18.6 Å². The number of benzene rings is 1. The van der Waals surface area contributed by atoms with Gasteiger partial charge in [0.05, 0.1) is 17.6 Å². The van der Waals surface area contributed by atoms with Gasteiger partial charge in [-0.2, -0.15) is 5.26 Å².